The number of ether oxygens (including phenoxy) is 2. The molecule has 6 nitrogen and oxygen atoms in total. The Hall–Kier alpha value is -0.690. The molecule has 0 fully saturated rings. The number of aliphatic hydroxyl groups is 1. The third-order valence-corrected chi connectivity index (χ3v) is 2.50. The van der Waals surface area contributed by atoms with Gasteiger partial charge in [-0.2, -0.15) is 0 Å². The second-order valence-corrected chi connectivity index (χ2v) is 4.80. The van der Waals surface area contributed by atoms with Gasteiger partial charge in [0, 0.05) is 19.7 Å². The number of primary amides is 1. The quantitative estimate of drug-likeness (QED) is 0.437. The highest BCUT2D eigenvalue weighted by molar-refractivity contribution is 5.80. The van der Waals surface area contributed by atoms with Gasteiger partial charge in [0.2, 0.25) is 5.91 Å². The van der Waals surface area contributed by atoms with Gasteiger partial charge in [-0.3, -0.25) is 4.79 Å². The van der Waals surface area contributed by atoms with Crippen LogP contribution in [-0.4, -0.2) is 56.6 Å². The summed E-state index contributed by atoms with van der Waals surface area (Å²) in [4.78, 5) is 11.1. The predicted molar refractivity (Wildman–Crippen MR) is 69.2 cm³/mol. The van der Waals surface area contributed by atoms with E-state index in [4.69, 9.17) is 15.2 Å². The Kier molecular flexibility index (Phi) is 8.91. The Morgan fingerprint density at radius 1 is 1.39 bits per heavy atom. The van der Waals surface area contributed by atoms with Gasteiger partial charge in [0.1, 0.15) is 0 Å². The van der Waals surface area contributed by atoms with Crippen molar-refractivity contribution in [2.24, 2.45) is 11.1 Å². The van der Waals surface area contributed by atoms with Gasteiger partial charge in [-0.05, 0) is 20.8 Å². The molecule has 0 aliphatic carbocycles. The lowest BCUT2D eigenvalue weighted by atomic mass is 9.93. The number of carbonyl (C=O) groups is 1. The number of nitrogens with two attached hydrogens (primary N) is 1. The van der Waals surface area contributed by atoms with Crippen molar-refractivity contribution in [1.82, 2.24) is 5.32 Å². The largest absolute Gasteiger partial charge is 0.389 e. The highest BCUT2D eigenvalue weighted by atomic mass is 16.5. The van der Waals surface area contributed by atoms with Crippen LogP contribution in [0, 0.1) is 5.41 Å². The molecule has 0 aromatic carbocycles. The summed E-state index contributed by atoms with van der Waals surface area (Å²) in [6.45, 7) is 8.14. The fraction of sp³-hybridized carbons (Fsp3) is 0.917. The fourth-order valence-electron chi connectivity index (χ4n) is 1.18. The summed E-state index contributed by atoms with van der Waals surface area (Å²) in [6.07, 6.45) is -0.602. The second kappa shape index (κ2) is 9.27. The monoisotopic (exact) mass is 262 g/mol. The Labute approximate surface area is 109 Å². The van der Waals surface area contributed by atoms with E-state index in [1.807, 2.05) is 6.92 Å². The van der Waals surface area contributed by atoms with Crippen molar-refractivity contribution in [2.45, 2.75) is 26.9 Å². The van der Waals surface area contributed by atoms with Crippen LogP contribution in [0.15, 0.2) is 0 Å². The first-order chi connectivity index (χ1) is 8.40. The second-order valence-electron chi connectivity index (χ2n) is 4.80. The minimum Gasteiger partial charge on any atom is -0.389 e. The molecule has 108 valence electrons. The minimum absolute atomic E-state index is 0.247. The van der Waals surface area contributed by atoms with E-state index < -0.39 is 11.5 Å². The van der Waals surface area contributed by atoms with Crippen molar-refractivity contribution >= 4 is 5.91 Å². The van der Waals surface area contributed by atoms with Gasteiger partial charge >= 0.3 is 0 Å². The summed E-state index contributed by atoms with van der Waals surface area (Å²) in [5.41, 5.74) is 4.62. The summed E-state index contributed by atoms with van der Waals surface area (Å²) < 4.78 is 10.3. The van der Waals surface area contributed by atoms with Crippen LogP contribution in [-0.2, 0) is 14.3 Å². The van der Waals surface area contributed by atoms with Crippen LogP contribution in [0.3, 0.4) is 0 Å². The zero-order valence-corrected chi connectivity index (χ0v) is 11.6. The standard InChI is InChI=1S/C12H26N2O4/c1-4-17-5-6-18-8-10(15)7-14-9-12(2,3)11(13)16/h10,14-15H,4-9H2,1-3H3,(H2,13,16). The normalized spacial score (nSPS) is 13.6. The molecule has 0 radical (unpaired) electrons. The van der Waals surface area contributed by atoms with Crippen molar-refractivity contribution in [3.8, 4) is 0 Å². The number of hydrogen-bond acceptors (Lipinski definition) is 5. The van der Waals surface area contributed by atoms with Crippen molar-refractivity contribution in [1.29, 1.82) is 0 Å². The van der Waals surface area contributed by atoms with E-state index in [1.165, 1.54) is 0 Å². The molecule has 0 rings (SSSR count). The molecule has 0 aromatic rings. The molecule has 0 aliphatic heterocycles. The number of hydrogen-bond donors (Lipinski definition) is 3. The van der Waals surface area contributed by atoms with Crippen LogP contribution in [0.2, 0.25) is 0 Å². The van der Waals surface area contributed by atoms with Gasteiger partial charge < -0.3 is 25.6 Å². The van der Waals surface area contributed by atoms with Crippen LogP contribution in [0.1, 0.15) is 20.8 Å². The average Bonchev–Trinajstić information content (AvgIpc) is 2.28. The molecule has 0 aliphatic rings. The Balaban J connectivity index is 3.53. The van der Waals surface area contributed by atoms with E-state index in [1.54, 1.807) is 13.8 Å². The Morgan fingerprint density at radius 3 is 2.56 bits per heavy atom. The van der Waals surface area contributed by atoms with Gasteiger partial charge in [-0.1, -0.05) is 0 Å². The number of aliphatic hydroxyl groups excluding tert-OH is 1. The van der Waals surface area contributed by atoms with Crippen molar-refractivity contribution in [2.75, 3.05) is 39.5 Å². The van der Waals surface area contributed by atoms with Gasteiger partial charge in [0.15, 0.2) is 0 Å². The maximum atomic E-state index is 11.1. The molecule has 1 unspecified atom stereocenters. The summed E-state index contributed by atoms with van der Waals surface area (Å²) in [5, 5.41) is 12.6. The molecule has 0 saturated heterocycles. The first kappa shape index (κ1) is 17.3. The van der Waals surface area contributed by atoms with Gasteiger partial charge in [0.05, 0.1) is 31.3 Å². The molecule has 0 heterocycles. The van der Waals surface area contributed by atoms with Gasteiger partial charge in [0.25, 0.3) is 0 Å². The number of amides is 1. The lowest BCUT2D eigenvalue weighted by Gasteiger charge is -2.22. The molecule has 0 spiro atoms. The highest BCUT2D eigenvalue weighted by Crippen LogP contribution is 2.11. The summed E-state index contributed by atoms with van der Waals surface area (Å²) in [5.74, 6) is -0.363. The first-order valence-corrected chi connectivity index (χ1v) is 6.24. The first-order valence-electron chi connectivity index (χ1n) is 6.24. The smallest absolute Gasteiger partial charge is 0.224 e. The molecule has 1 amide bonds. The van der Waals surface area contributed by atoms with E-state index in [2.05, 4.69) is 5.32 Å². The lowest BCUT2D eigenvalue weighted by Crippen LogP contribution is -2.43. The molecule has 4 N–H and O–H groups in total. The zero-order chi connectivity index (χ0) is 14.0. The van der Waals surface area contributed by atoms with Crippen molar-refractivity contribution < 1.29 is 19.4 Å². The van der Waals surface area contributed by atoms with Crippen LogP contribution in [0.25, 0.3) is 0 Å². The summed E-state index contributed by atoms with van der Waals surface area (Å²) >= 11 is 0. The lowest BCUT2D eigenvalue weighted by molar-refractivity contribution is -0.125. The predicted octanol–water partition coefficient (Wildman–Crippen LogP) is -0.498. The van der Waals surface area contributed by atoms with Crippen molar-refractivity contribution in [3.05, 3.63) is 0 Å². The maximum Gasteiger partial charge on any atom is 0.224 e. The zero-order valence-electron chi connectivity index (χ0n) is 11.6. The molecule has 6 heteroatoms. The molecule has 1 atom stereocenters. The average molecular weight is 262 g/mol. The molecule has 0 saturated carbocycles. The van der Waals surface area contributed by atoms with Crippen LogP contribution in [0.4, 0.5) is 0 Å². The molecule has 18 heavy (non-hydrogen) atoms. The van der Waals surface area contributed by atoms with Crippen LogP contribution in [0.5, 0.6) is 0 Å². The van der Waals surface area contributed by atoms with E-state index >= 15 is 0 Å². The molecule has 0 aromatic heterocycles. The Morgan fingerprint density at radius 2 is 2.00 bits per heavy atom. The van der Waals surface area contributed by atoms with Crippen LogP contribution < -0.4 is 11.1 Å². The highest BCUT2D eigenvalue weighted by Gasteiger charge is 2.24. The van der Waals surface area contributed by atoms with Gasteiger partial charge in [-0.25, -0.2) is 0 Å². The van der Waals surface area contributed by atoms with E-state index in [0.29, 0.717) is 32.9 Å². The van der Waals surface area contributed by atoms with Crippen molar-refractivity contribution in [3.63, 3.8) is 0 Å². The summed E-state index contributed by atoms with van der Waals surface area (Å²) in [6, 6.07) is 0. The maximum absolute atomic E-state index is 11.1. The van der Waals surface area contributed by atoms with E-state index in [9.17, 15) is 9.90 Å². The molecular formula is C12H26N2O4. The van der Waals surface area contributed by atoms with Crippen LogP contribution >= 0.6 is 0 Å². The number of nitrogens with one attached hydrogen (secondary N) is 1. The molecular weight excluding hydrogens is 236 g/mol. The summed E-state index contributed by atoms with van der Waals surface area (Å²) in [7, 11) is 0. The SMILES string of the molecule is CCOCCOCC(O)CNCC(C)(C)C(N)=O. The van der Waals surface area contributed by atoms with E-state index in [-0.39, 0.29) is 12.5 Å². The Bertz CT molecular complexity index is 234. The van der Waals surface area contributed by atoms with Gasteiger partial charge in [-0.15, -0.1) is 0 Å². The third kappa shape index (κ3) is 8.41. The third-order valence-electron chi connectivity index (χ3n) is 2.50. The van der Waals surface area contributed by atoms with E-state index in [0.717, 1.165) is 0 Å². The molecule has 0 bridgehead atoms. The fourth-order valence-corrected chi connectivity index (χ4v) is 1.18. The topological polar surface area (TPSA) is 93.8 Å². The minimum atomic E-state index is -0.616. The number of carbonyl (C=O) groups excluding carboxylic acids is 1. The number of rotatable bonds is 11.